The van der Waals surface area contributed by atoms with E-state index in [1.807, 2.05) is 6.92 Å². The summed E-state index contributed by atoms with van der Waals surface area (Å²) < 4.78 is 51.3. The zero-order valence-corrected chi connectivity index (χ0v) is 10.7. The van der Waals surface area contributed by atoms with Crippen LogP contribution in [0.1, 0.15) is 19.8 Å². The fourth-order valence-corrected chi connectivity index (χ4v) is 2.52. The first-order chi connectivity index (χ1) is 8.35. The van der Waals surface area contributed by atoms with E-state index in [1.54, 1.807) is 0 Å². The molecule has 2 N–H and O–H groups in total. The summed E-state index contributed by atoms with van der Waals surface area (Å²) in [6.45, 7) is 1.66. The molecule has 0 aliphatic heterocycles. The summed E-state index contributed by atoms with van der Waals surface area (Å²) in [7, 11) is -4.01. The van der Waals surface area contributed by atoms with Gasteiger partial charge < -0.3 is 5.11 Å². The van der Waals surface area contributed by atoms with Crippen molar-refractivity contribution in [2.45, 2.75) is 30.8 Å². The molecule has 0 amide bonds. The molecule has 0 aromatic heterocycles. The Labute approximate surface area is 105 Å². The molecule has 0 saturated heterocycles. The van der Waals surface area contributed by atoms with Crippen LogP contribution in [-0.2, 0) is 10.0 Å². The van der Waals surface area contributed by atoms with E-state index < -0.39 is 32.7 Å². The standard InChI is InChI=1S/C11H15F2NO3S/c1-2-3-10(15)7-14-18(16,17)11-5-8(12)4-9(13)6-11/h4-6,10,14-15H,2-3,7H2,1H3. The SMILES string of the molecule is CCCC(O)CNS(=O)(=O)c1cc(F)cc(F)c1. The Bertz CT molecular complexity index is 485. The van der Waals surface area contributed by atoms with E-state index in [9.17, 15) is 22.3 Å². The van der Waals surface area contributed by atoms with Crippen molar-refractivity contribution in [2.75, 3.05) is 6.54 Å². The zero-order valence-electron chi connectivity index (χ0n) is 9.86. The number of benzene rings is 1. The summed E-state index contributed by atoms with van der Waals surface area (Å²) in [5, 5.41) is 9.39. The number of hydrogen-bond acceptors (Lipinski definition) is 3. The van der Waals surface area contributed by atoms with Crippen molar-refractivity contribution in [3.05, 3.63) is 29.8 Å². The first-order valence-electron chi connectivity index (χ1n) is 5.49. The quantitative estimate of drug-likeness (QED) is 0.827. The highest BCUT2D eigenvalue weighted by atomic mass is 32.2. The Hall–Kier alpha value is -1.05. The maximum Gasteiger partial charge on any atom is 0.240 e. The summed E-state index contributed by atoms with van der Waals surface area (Å²) in [6, 6.07) is 2.03. The lowest BCUT2D eigenvalue weighted by molar-refractivity contribution is 0.167. The number of aliphatic hydroxyl groups is 1. The van der Waals surface area contributed by atoms with Crippen LogP contribution in [0.25, 0.3) is 0 Å². The van der Waals surface area contributed by atoms with Gasteiger partial charge in [0.1, 0.15) is 11.6 Å². The van der Waals surface area contributed by atoms with Crippen LogP contribution in [-0.4, -0.2) is 26.2 Å². The average Bonchev–Trinajstić information content (AvgIpc) is 2.26. The molecule has 0 fully saturated rings. The molecule has 0 saturated carbocycles. The van der Waals surface area contributed by atoms with E-state index in [0.29, 0.717) is 18.9 Å². The lowest BCUT2D eigenvalue weighted by Crippen LogP contribution is -2.32. The molecule has 0 aliphatic rings. The molecule has 0 heterocycles. The van der Waals surface area contributed by atoms with Crippen LogP contribution >= 0.6 is 0 Å². The number of rotatable bonds is 6. The van der Waals surface area contributed by atoms with E-state index in [0.717, 1.165) is 12.1 Å². The molecular weight excluding hydrogens is 264 g/mol. The Balaban J connectivity index is 2.80. The lowest BCUT2D eigenvalue weighted by Gasteiger charge is -2.11. The van der Waals surface area contributed by atoms with Gasteiger partial charge in [0.05, 0.1) is 11.0 Å². The van der Waals surface area contributed by atoms with Crippen LogP contribution in [0, 0.1) is 11.6 Å². The fourth-order valence-electron chi connectivity index (χ4n) is 1.41. The third-order valence-electron chi connectivity index (χ3n) is 2.28. The average molecular weight is 279 g/mol. The maximum absolute atomic E-state index is 12.9. The summed E-state index contributed by atoms with van der Waals surface area (Å²) in [5.41, 5.74) is 0. The third kappa shape index (κ3) is 4.32. The summed E-state index contributed by atoms with van der Waals surface area (Å²) in [5.74, 6) is -1.94. The van der Waals surface area contributed by atoms with Gasteiger partial charge in [-0.3, -0.25) is 0 Å². The number of halogens is 2. The van der Waals surface area contributed by atoms with Gasteiger partial charge in [0, 0.05) is 12.6 Å². The Morgan fingerprint density at radius 2 is 1.83 bits per heavy atom. The second kappa shape index (κ2) is 6.21. The van der Waals surface area contributed by atoms with Crippen molar-refractivity contribution in [1.29, 1.82) is 0 Å². The molecule has 1 atom stereocenters. The number of sulfonamides is 1. The summed E-state index contributed by atoms with van der Waals surface area (Å²) >= 11 is 0. The molecule has 102 valence electrons. The van der Waals surface area contributed by atoms with E-state index in [-0.39, 0.29) is 6.54 Å². The van der Waals surface area contributed by atoms with Crippen molar-refractivity contribution < 1.29 is 22.3 Å². The minimum atomic E-state index is -4.01. The molecular formula is C11H15F2NO3S. The zero-order chi connectivity index (χ0) is 13.8. The van der Waals surface area contributed by atoms with Crippen LogP contribution < -0.4 is 4.72 Å². The molecule has 0 aliphatic carbocycles. The van der Waals surface area contributed by atoms with Crippen molar-refractivity contribution >= 4 is 10.0 Å². The molecule has 1 aromatic rings. The van der Waals surface area contributed by atoms with Gasteiger partial charge in [0.15, 0.2) is 0 Å². The highest BCUT2D eigenvalue weighted by Crippen LogP contribution is 2.13. The minimum absolute atomic E-state index is 0.186. The van der Waals surface area contributed by atoms with Gasteiger partial charge in [-0.25, -0.2) is 21.9 Å². The van der Waals surface area contributed by atoms with Crippen molar-refractivity contribution in [3.8, 4) is 0 Å². The summed E-state index contributed by atoms with van der Waals surface area (Å²) in [6.07, 6.45) is 0.334. The van der Waals surface area contributed by atoms with E-state index in [2.05, 4.69) is 4.72 Å². The monoisotopic (exact) mass is 279 g/mol. The highest BCUT2D eigenvalue weighted by Gasteiger charge is 2.17. The number of hydrogen-bond donors (Lipinski definition) is 2. The van der Waals surface area contributed by atoms with Gasteiger partial charge in [-0.15, -0.1) is 0 Å². The fraction of sp³-hybridized carbons (Fsp3) is 0.455. The van der Waals surface area contributed by atoms with Crippen molar-refractivity contribution in [2.24, 2.45) is 0 Å². The van der Waals surface area contributed by atoms with Crippen LogP contribution in [0.2, 0.25) is 0 Å². The Kier molecular flexibility index (Phi) is 5.18. The van der Waals surface area contributed by atoms with Crippen molar-refractivity contribution in [3.63, 3.8) is 0 Å². The maximum atomic E-state index is 12.9. The molecule has 18 heavy (non-hydrogen) atoms. The molecule has 1 rings (SSSR count). The highest BCUT2D eigenvalue weighted by molar-refractivity contribution is 7.89. The predicted molar refractivity (Wildman–Crippen MR) is 62.5 cm³/mol. The second-order valence-corrected chi connectivity index (χ2v) is 5.67. The van der Waals surface area contributed by atoms with E-state index in [4.69, 9.17) is 0 Å². The predicted octanol–water partition coefficient (Wildman–Crippen LogP) is 1.40. The molecule has 0 spiro atoms. The normalized spacial score (nSPS) is 13.6. The Morgan fingerprint density at radius 3 is 2.33 bits per heavy atom. The first kappa shape index (κ1) is 15.0. The minimum Gasteiger partial charge on any atom is -0.392 e. The molecule has 1 unspecified atom stereocenters. The molecule has 4 nitrogen and oxygen atoms in total. The first-order valence-corrected chi connectivity index (χ1v) is 6.97. The van der Waals surface area contributed by atoms with Crippen LogP contribution in [0.5, 0.6) is 0 Å². The van der Waals surface area contributed by atoms with Gasteiger partial charge >= 0.3 is 0 Å². The van der Waals surface area contributed by atoms with Gasteiger partial charge in [-0.05, 0) is 18.6 Å². The Morgan fingerprint density at radius 1 is 1.28 bits per heavy atom. The van der Waals surface area contributed by atoms with Gasteiger partial charge in [-0.2, -0.15) is 0 Å². The van der Waals surface area contributed by atoms with Gasteiger partial charge in [0.2, 0.25) is 10.0 Å². The van der Waals surface area contributed by atoms with Crippen LogP contribution in [0.3, 0.4) is 0 Å². The lowest BCUT2D eigenvalue weighted by atomic mass is 10.2. The molecule has 0 radical (unpaired) electrons. The molecule has 7 heteroatoms. The topological polar surface area (TPSA) is 66.4 Å². The third-order valence-corrected chi connectivity index (χ3v) is 3.68. The van der Waals surface area contributed by atoms with Crippen LogP contribution in [0.15, 0.2) is 23.1 Å². The van der Waals surface area contributed by atoms with E-state index >= 15 is 0 Å². The number of aliphatic hydroxyl groups excluding tert-OH is 1. The largest absolute Gasteiger partial charge is 0.392 e. The van der Waals surface area contributed by atoms with Crippen molar-refractivity contribution in [1.82, 2.24) is 4.72 Å². The summed E-state index contributed by atoms with van der Waals surface area (Å²) in [4.78, 5) is -0.497. The van der Waals surface area contributed by atoms with Gasteiger partial charge in [-0.1, -0.05) is 13.3 Å². The van der Waals surface area contributed by atoms with Crippen LogP contribution in [0.4, 0.5) is 8.78 Å². The van der Waals surface area contributed by atoms with Gasteiger partial charge in [0.25, 0.3) is 0 Å². The van der Waals surface area contributed by atoms with E-state index in [1.165, 1.54) is 0 Å². The number of nitrogens with one attached hydrogen (secondary N) is 1. The molecule has 0 bridgehead atoms. The second-order valence-electron chi connectivity index (χ2n) is 3.90. The molecule has 1 aromatic carbocycles. The smallest absolute Gasteiger partial charge is 0.240 e.